The number of carbonyl (C=O) groups excluding carboxylic acids is 3. The van der Waals surface area contributed by atoms with Crippen LogP contribution >= 0.6 is 0 Å². The minimum Gasteiger partial charge on any atom is -0.458 e. The summed E-state index contributed by atoms with van der Waals surface area (Å²) in [6.45, 7) is 2.23. The Labute approximate surface area is 230 Å². The molecule has 9 heteroatoms. The summed E-state index contributed by atoms with van der Waals surface area (Å²) in [6, 6.07) is 7.18. The van der Waals surface area contributed by atoms with Gasteiger partial charge in [0, 0.05) is 30.9 Å². The molecule has 0 radical (unpaired) electrons. The molecule has 0 amide bonds. The molecule has 1 aromatic rings. The number of carbonyl (C=O) groups is 3. The van der Waals surface area contributed by atoms with Gasteiger partial charge in [-0.05, 0) is 84.3 Å². The van der Waals surface area contributed by atoms with Crippen molar-refractivity contribution in [3.8, 4) is 11.8 Å². The molecule has 2 fully saturated rings. The number of benzene rings is 1. The van der Waals surface area contributed by atoms with Gasteiger partial charge in [0.2, 0.25) is 0 Å². The lowest BCUT2D eigenvalue weighted by Gasteiger charge is -2.55. The summed E-state index contributed by atoms with van der Waals surface area (Å²) < 4.78 is 61.0. The average Bonchev–Trinajstić information content (AvgIpc) is 3.19. The average molecular weight is 558 g/mol. The van der Waals surface area contributed by atoms with Crippen molar-refractivity contribution in [3.63, 3.8) is 0 Å². The number of anilines is 1. The molecule has 1 aromatic carbocycles. The first-order chi connectivity index (χ1) is 18.8. The Morgan fingerprint density at radius 3 is 2.52 bits per heavy atom. The van der Waals surface area contributed by atoms with Crippen LogP contribution < -0.4 is 5.73 Å². The highest BCUT2D eigenvalue weighted by Crippen LogP contribution is 2.70. The Balaban J connectivity index is 1.71. The van der Waals surface area contributed by atoms with Gasteiger partial charge in [-0.3, -0.25) is 14.4 Å². The maximum Gasteiger partial charge on any atom is 0.457 e. The zero-order valence-electron chi connectivity index (χ0n) is 22.4. The number of hydrogen-bond acceptors (Lipinski definition) is 5. The molecule has 212 valence electrons. The predicted molar refractivity (Wildman–Crippen MR) is 139 cm³/mol. The number of ketones is 2. The Hall–Kier alpha value is -3.41. The molecular formula is C31H31F4NO4. The normalized spacial score (nSPS) is 33.1. The van der Waals surface area contributed by atoms with E-state index in [0.717, 1.165) is 23.6 Å². The van der Waals surface area contributed by atoms with Gasteiger partial charge in [-0.1, -0.05) is 30.6 Å². The second-order valence-electron chi connectivity index (χ2n) is 11.7. The first-order valence-electron chi connectivity index (χ1n) is 13.5. The number of hydrogen-bond donors (Lipinski definition) is 1. The lowest BCUT2D eigenvalue weighted by Crippen LogP contribution is -2.52. The van der Waals surface area contributed by atoms with Crippen LogP contribution in [-0.4, -0.2) is 36.5 Å². The van der Waals surface area contributed by atoms with Gasteiger partial charge in [0.15, 0.2) is 18.2 Å². The van der Waals surface area contributed by atoms with Crippen molar-refractivity contribution >= 4 is 23.2 Å². The van der Waals surface area contributed by atoms with Gasteiger partial charge in [-0.25, -0.2) is 4.39 Å². The topological polar surface area (TPSA) is 86.5 Å². The van der Waals surface area contributed by atoms with Gasteiger partial charge in [-0.15, -0.1) is 0 Å². The fourth-order valence-corrected chi connectivity index (χ4v) is 7.89. The van der Waals surface area contributed by atoms with Crippen LogP contribution in [0.1, 0.15) is 63.9 Å². The van der Waals surface area contributed by atoms with Gasteiger partial charge in [-0.2, -0.15) is 13.2 Å². The molecular weight excluding hydrogens is 526 g/mol. The summed E-state index contributed by atoms with van der Waals surface area (Å²) >= 11 is 0. The number of ether oxygens (including phenoxy) is 1. The summed E-state index contributed by atoms with van der Waals surface area (Å²) in [5.74, 6) is 1.16. The van der Waals surface area contributed by atoms with Crippen LogP contribution in [0.15, 0.2) is 47.1 Å². The van der Waals surface area contributed by atoms with Crippen molar-refractivity contribution in [2.45, 2.75) is 70.6 Å². The maximum atomic E-state index is 15.7. The first kappa shape index (κ1) is 28.1. The Morgan fingerprint density at radius 1 is 1.18 bits per heavy atom. The largest absolute Gasteiger partial charge is 0.458 e. The highest BCUT2D eigenvalue weighted by atomic mass is 19.4. The van der Waals surface area contributed by atoms with E-state index >= 15 is 4.39 Å². The van der Waals surface area contributed by atoms with Crippen molar-refractivity contribution in [1.82, 2.24) is 0 Å². The molecule has 0 bridgehead atoms. The molecule has 0 saturated heterocycles. The molecule has 0 aliphatic heterocycles. The smallest absolute Gasteiger partial charge is 0.457 e. The van der Waals surface area contributed by atoms with Crippen molar-refractivity contribution < 1.29 is 36.7 Å². The van der Waals surface area contributed by atoms with E-state index in [1.165, 1.54) is 12.0 Å². The van der Waals surface area contributed by atoms with Gasteiger partial charge in [0.1, 0.15) is 6.17 Å². The molecule has 0 aromatic heterocycles. The van der Waals surface area contributed by atoms with E-state index in [4.69, 9.17) is 10.5 Å². The summed E-state index contributed by atoms with van der Waals surface area (Å²) in [5.41, 5.74) is 6.74. The van der Waals surface area contributed by atoms with Crippen LogP contribution in [0.25, 0.3) is 0 Å². The third-order valence-corrected chi connectivity index (χ3v) is 9.58. The standard InChI is InChI=1S/C31H31F4NO4/c1-17(37)40-16-27(39)30(11-12-31(33,34)35)10-9-25-23-14-26(32)22-13-20(38)7-8-21(22)28(23)24(15-29(25,30)2)18-3-5-19(36)6-4-18/h3-6,13,23-26H,7-10,14-16,36H2,1-2H3/t23-,24+,25-,26?,29-,30+/m0/s1. The number of halogens is 4. The second kappa shape index (κ2) is 9.90. The van der Waals surface area contributed by atoms with E-state index < -0.39 is 41.5 Å². The van der Waals surface area contributed by atoms with Crippen molar-refractivity contribution in [2.24, 2.45) is 22.7 Å². The fourth-order valence-electron chi connectivity index (χ4n) is 7.89. The molecule has 5 nitrogen and oxygen atoms in total. The number of esters is 1. The molecule has 2 N–H and O–H groups in total. The molecule has 4 aliphatic rings. The molecule has 1 unspecified atom stereocenters. The molecule has 4 aliphatic carbocycles. The number of nitrogens with two attached hydrogens (primary N) is 1. The van der Waals surface area contributed by atoms with Crippen LogP contribution in [0.2, 0.25) is 0 Å². The van der Waals surface area contributed by atoms with E-state index in [0.29, 0.717) is 24.1 Å². The van der Waals surface area contributed by atoms with E-state index in [-0.39, 0.29) is 49.2 Å². The van der Waals surface area contributed by atoms with Crippen LogP contribution in [0, 0.1) is 34.5 Å². The lowest BCUT2D eigenvalue weighted by molar-refractivity contribution is -0.150. The molecule has 0 heterocycles. The highest BCUT2D eigenvalue weighted by Gasteiger charge is 2.66. The van der Waals surface area contributed by atoms with Crippen molar-refractivity contribution in [2.75, 3.05) is 12.3 Å². The molecule has 0 spiro atoms. The minimum absolute atomic E-state index is 0.0447. The van der Waals surface area contributed by atoms with Crippen LogP contribution in [0.4, 0.5) is 23.2 Å². The molecule has 5 rings (SSSR count). The molecule has 6 atom stereocenters. The molecule has 2 saturated carbocycles. The summed E-state index contributed by atoms with van der Waals surface area (Å²) in [5, 5.41) is 0. The number of nitrogen functional groups attached to an aromatic ring is 1. The van der Waals surface area contributed by atoms with Crippen LogP contribution in [-0.2, 0) is 19.1 Å². The summed E-state index contributed by atoms with van der Waals surface area (Å²) in [6.07, 6.45) is -3.38. The quantitative estimate of drug-likeness (QED) is 0.219. The van der Waals surface area contributed by atoms with Crippen molar-refractivity contribution in [1.29, 1.82) is 0 Å². The zero-order valence-corrected chi connectivity index (χ0v) is 22.4. The Morgan fingerprint density at radius 2 is 1.88 bits per heavy atom. The number of fused-ring (bicyclic) bond motifs is 4. The SMILES string of the molecule is CC(=O)OCC(=O)[C@]1(C#CC(F)(F)F)CC[C@H]2[C@@H]3CC(F)C4=CC(=O)CCC4=C3[C@@H](c3ccc(N)cc3)C[C@@]21C. The maximum absolute atomic E-state index is 15.7. The van der Waals surface area contributed by atoms with Gasteiger partial charge < -0.3 is 10.5 Å². The fraction of sp³-hybridized carbons (Fsp3) is 0.516. The monoisotopic (exact) mass is 557 g/mol. The number of rotatable bonds is 4. The Kier molecular flexibility index (Phi) is 6.96. The van der Waals surface area contributed by atoms with E-state index in [9.17, 15) is 27.6 Å². The van der Waals surface area contributed by atoms with E-state index in [1.54, 1.807) is 19.1 Å². The third kappa shape index (κ3) is 4.65. The molecule has 40 heavy (non-hydrogen) atoms. The Bertz CT molecular complexity index is 1380. The van der Waals surface area contributed by atoms with E-state index in [1.807, 2.05) is 12.1 Å². The van der Waals surface area contributed by atoms with Gasteiger partial charge >= 0.3 is 12.1 Å². The number of Topliss-reactive ketones (excluding diaryl/α,β-unsaturated/α-hetero) is 1. The van der Waals surface area contributed by atoms with Gasteiger partial charge in [0.25, 0.3) is 0 Å². The lowest BCUT2D eigenvalue weighted by atomic mass is 9.48. The highest BCUT2D eigenvalue weighted by molar-refractivity contribution is 5.93. The van der Waals surface area contributed by atoms with E-state index in [2.05, 4.69) is 5.92 Å². The number of allylic oxidation sites excluding steroid dienone is 4. The zero-order chi connectivity index (χ0) is 29.0. The van der Waals surface area contributed by atoms with Gasteiger partial charge in [0.05, 0.1) is 5.41 Å². The summed E-state index contributed by atoms with van der Waals surface area (Å²) in [7, 11) is 0. The summed E-state index contributed by atoms with van der Waals surface area (Å²) in [4.78, 5) is 37.5. The minimum atomic E-state index is -4.83. The second-order valence-corrected chi connectivity index (χ2v) is 11.7. The van der Waals surface area contributed by atoms with Crippen LogP contribution in [0.3, 0.4) is 0 Å². The number of alkyl halides is 4. The predicted octanol–water partition coefficient (Wildman–Crippen LogP) is 5.80. The third-order valence-electron chi connectivity index (χ3n) is 9.58. The first-order valence-corrected chi connectivity index (χ1v) is 13.5. The van der Waals surface area contributed by atoms with Crippen molar-refractivity contribution in [3.05, 3.63) is 52.6 Å². The van der Waals surface area contributed by atoms with Crippen LogP contribution in [0.5, 0.6) is 0 Å².